The molecule has 6 nitrogen and oxygen atoms in total. The summed E-state index contributed by atoms with van der Waals surface area (Å²) < 4.78 is 0. The van der Waals surface area contributed by atoms with Gasteiger partial charge in [0.1, 0.15) is 5.51 Å². The fourth-order valence-corrected chi connectivity index (χ4v) is 1.88. The van der Waals surface area contributed by atoms with Gasteiger partial charge < -0.3 is 10.4 Å². The SMILES string of the molecule is C[C@H](CCCC(=O)Nc1nncs1)CC(=O)O. The number of carbonyl (C=O) groups excluding carboxylic acids is 1. The zero-order valence-electron chi connectivity index (χ0n) is 9.55. The Morgan fingerprint density at radius 2 is 2.35 bits per heavy atom. The first-order valence-corrected chi connectivity index (χ1v) is 6.23. The van der Waals surface area contributed by atoms with E-state index in [9.17, 15) is 9.59 Å². The molecule has 0 fully saturated rings. The maximum Gasteiger partial charge on any atom is 0.303 e. The summed E-state index contributed by atoms with van der Waals surface area (Å²) in [7, 11) is 0. The fourth-order valence-electron chi connectivity index (χ4n) is 1.42. The van der Waals surface area contributed by atoms with E-state index in [0.717, 1.165) is 6.42 Å². The largest absolute Gasteiger partial charge is 0.481 e. The molecule has 0 bridgehead atoms. The first-order valence-electron chi connectivity index (χ1n) is 5.35. The van der Waals surface area contributed by atoms with Crippen molar-refractivity contribution in [1.82, 2.24) is 10.2 Å². The van der Waals surface area contributed by atoms with Crippen molar-refractivity contribution in [1.29, 1.82) is 0 Å². The van der Waals surface area contributed by atoms with Gasteiger partial charge >= 0.3 is 5.97 Å². The van der Waals surface area contributed by atoms with Crippen LogP contribution in [0.1, 0.15) is 32.6 Å². The van der Waals surface area contributed by atoms with E-state index in [0.29, 0.717) is 18.0 Å². The van der Waals surface area contributed by atoms with Gasteiger partial charge in [0.2, 0.25) is 11.0 Å². The fraction of sp³-hybridized carbons (Fsp3) is 0.600. The van der Waals surface area contributed by atoms with Gasteiger partial charge in [0, 0.05) is 12.8 Å². The molecule has 0 saturated carbocycles. The van der Waals surface area contributed by atoms with Crippen LogP contribution in [-0.2, 0) is 9.59 Å². The number of anilines is 1. The standard InChI is InChI=1S/C10H15N3O3S/c1-7(5-9(15)16)3-2-4-8(14)12-10-13-11-6-17-10/h6-7H,2-5H2,1H3,(H,15,16)(H,12,13,14)/t7-/m1/s1. The summed E-state index contributed by atoms with van der Waals surface area (Å²) in [6.07, 6.45) is 1.94. The van der Waals surface area contributed by atoms with E-state index in [1.807, 2.05) is 6.92 Å². The predicted molar refractivity (Wildman–Crippen MR) is 63.8 cm³/mol. The number of aliphatic carboxylic acids is 1. The van der Waals surface area contributed by atoms with Gasteiger partial charge in [-0.05, 0) is 18.8 Å². The molecule has 1 atom stereocenters. The highest BCUT2D eigenvalue weighted by Crippen LogP contribution is 2.13. The zero-order chi connectivity index (χ0) is 12.7. The van der Waals surface area contributed by atoms with Gasteiger partial charge in [0.15, 0.2) is 0 Å². The van der Waals surface area contributed by atoms with Gasteiger partial charge in [0.05, 0.1) is 0 Å². The van der Waals surface area contributed by atoms with E-state index >= 15 is 0 Å². The zero-order valence-corrected chi connectivity index (χ0v) is 10.4. The third-order valence-electron chi connectivity index (χ3n) is 2.23. The average Bonchev–Trinajstić information content (AvgIpc) is 2.69. The second kappa shape index (κ2) is 6.95. The molecule has 0 aliphatic carbocycles. The molecule has 94 valence electrons. The molecule has 17 heavy (non-hydrogen) atoms. The van der Waals surface area contributed by atoms with Gasteiger partial charge in [0.25, 0.3) is 0 Å². The Hall–Kier alpha value is -1.50. The van der Waals surface area contributed by atoms with Crippen LogP contribution >= 0.6 is 11.3 Å². The molecular weight excluding hydrogens is 242 g/mol. The summed E-state index contributed by atoms with van der Waals surface area (Å²) in [6, 6.07) is 0. The van der Waals surface area contributed by atoms with E-state index in [1.54, 1.807) is 5.51 Å². The average molecular weight is 257 g/mol. The Balaban J connectivity index is 2.14. The Kier molecular flexibility index (Phi) is 5.55. The number of rotatable bonds is 7. The van der Waals surface area contributed by atoms with Gasteiger partial charge in [-0.2, -0.15) is 0 Å². The molecule has 0 saturated heterocycles. The van der Waals surface area contributed by atoms with Crippen LogP contribution in [0.15, 0.2) is 5.51 Å². The molecule has 0 aromatic carbocycles. The number of carboxylic acids is 1. The van der Waals surface area contributed by atoms with Crippen LogP contribution in [0.4, 0.5) is 5.13 Å². The minimum atomic E-state index is -0.796. The van der Waals surface area contributed by atoms with Crippen molar-refractivity contribution in [3.05, 3.63) is 5.51 Å². The van der Waals surface area contributed by atoms with Crippen molar-refractivity contribution in [3.8, 4) is 0 Å². The second-order valence-electron chi connectivity index (χ2n) is 3.89. The normalized spacial score (nSPS) is 12.1. The minimum Gasteiger partial charge on any atom is -0.481 e. The predicted octanol–water partition coefficient (Wildman–Crippen LogP) is 1.76. The molecule has 0 aliphatic rings. The number of aromatic nitrogens is 2. The minimum absolute atomic E-state index is 0.0989. The van der Waals surface area contributed by atoms with Crippen molar-refractivity contribution >= 4 is 28.3 Å². The summed E-state index contributed by atoms with van der Waals surface area (Å²) in [4.78, 5) is 21.9. The topological polar surface area (TPSA) is 92.2 Å². The molecule has 1 amide bonds. The van der Waals surface area contributed by atoms with Crippen molar-refractivity contribution in [3.63, 3.8) is 0 Å². The molecule has 1 aromatic rings. The van der Waals surface area contributed by atoms with E-state index in [1.165, 1.54) is 11.3 Å². The maximum atomic E-state index is 11.4. The van der Waals surface area contributed by atoms with Crippen LogP contribution in [-0.4, -0.2) is 27.2 Å². The van der Waals surface area contributed by atoms with E-state index in [4.69, 9.17) is 5.11 Å². The number of carbonyl (C=O) groups is 2. The lowest BCUT2D eigenvalue weighted by Crippen LogP contribution is -2.12. The third kappa shape index (κ3) is 5.96. The summed E-state index contributed by atoms with van der Waals surface area (Å²) in [5.41, 5.74) is 1.55. The van der Waals surface area contributed by atoms with Crippen molar-refractivity contribution in [2.45, 2.75) is 32.6 Å². The van der Waals surface area contributed by atoms with E-state index in [2.05, 4.69) is 15.5 Å². The number of carboxylic acid groups (broad SMARTS) is 1. The quantitative estimate of drug-likeness (QED) is 0.776. The Bertz CT molecular complexity index is 367. The summed E-state index contributed by atoms with van der Waals surface area (Å²) in [6.45, 7) is 1.87. The van der Waals surface area contributed by atoms with Crippen molar-refractivity contribution in [2.24, 2.45) is 5.92 Å². The van der Waals surface area contributed by atoms with Gasteiger partial charge in [-0.25, -0.2) is 0 Å². The maximum absolute atomic E-state index is 11.4. The number of amides is 1. The smallest absolute Gasteiger partial charge is 0.303 e. The molecule has 0 unspecified atom stereocenters. The van der Waals surface area contributed by atoms with Crippen LogP contribution < -0.4 is 5.32 Å². The van der Waals surface area contributed by atoms with Crippen LogP contribution in [0.2, 0.25) is 0 Å². The van der Waals surface area contributed by atoms with Crippen LogP contribution in [0.5, 0.6) is 0 Å². The summed E-state index contributed by atoms with van der Waals surface area (Å²) in [5.74, 6) is -0.804. The molecule has 0 radical (unpaired) electrons. The molecule has 1 heterocycles. The molecular formula is C10H15N3O3S. The first kappa shape index (κ1) is 13.6. The molecule has 0 aliphatic heterocycles. The van der Waals surface area contributed by atoms with Gasteiger partial charge in [-0.1, -0.05) is 18.3 Å². The molecule has 2 N–H and O–H groups in total. The van der Waals surface area contributed by atoms with Crippen molar-refractivity contribution in [2.75, 3.05) is 5.32 Å². The second-order valence-corrected chi connectivity index (χ2v) is 4.72. The summed E-state index contributed by atoms with van der Waals surface area (Å²) in [5, 5.41) is 19.0. The highest BCUT2D eigenvalue weighted by Gasteiger charge is 2.09. The summed E-state index contributed by atoms with van der Waals surface area (Å²) >= 11 is 1.27. The molecule has 7 heteroatoms. The van der Waals surface area contributed by atoms with Gasteiger partial charge in [-0.3, -0.25) is 9.59 Å². The van der Waals surface area contributed by atoms with Crippen LogP contribution in [0.25, 0.3) is 0 Å². The monoisotopic (exact) mass is 257 g/mol. The Morgan fingerprint density at radius 1 is 1.59 bits per heavy atom. The Morgan fingerprint density at radius 3 is 2.94 bits per heavy atom. The lowest BCUT2D eigenvalue weighted by Gasteiger charge is -2.07. The molecule has 1 rings (SSSR count). The number of nitrogens with zero attached hydrogens (tertiary/aromatic N) is 2. The number of hydrogen-bond acceptors (Lipinski definition) is 5. The molecule has 0 spiro atoms. The lowest BCUT2D eigenvalue weighted by atomic mass is 10.0. The first-order chi connectivity index (χ1) is 8.08. The number of hydrogen-bond donors (Lipinski definition) is 2. The number of nitrogens with one attached hydrogen (secondary N) is 1. The van der Waals surface area contributed by atoms with Crippen molar-refractivity contribution < 1.29 is 14.7 Å². The van der Waals surface area contributed by atoms with Crippen LogP contribution in [0.3, 0.4) is 0 Å². The molecule has 1 aromatic heterocycles. The lowest BCUT2D eigenvalue weighted by molar-refractivity contribution is -0.138. The van der Waals surface area contributed by atoms with E-state index in [-0.39, 0.29) is 18.2 Å². The van der Waals surface area contributed by atoms with E-state index < -0.39 is 5.97 Å². The highest BCUT2D eigenvalue weighted by molar-refractivity contribution is 7.13. The Labute approximate surface area is 103 Å². The third-order valence-corrected chi connectivity index (χ3v) is 2.84. The highest BCUT2D eigenvalue weighted by atomic mass is 32.1. The van der Waals surface area contributed by atoms with Gasteiger partial charge in [-0.15, -0.1) is 10.2 Å². The van der Waals surface area contributed by atoms with Crippen LogP contribution in [0, 0.1) is 5.92 Å².